The van der Waals surface area contributed by atoms with E-state index in [-0.39, 0.29) is 0 Å². The zero-order chi connectivity index (χ0) is 4.24. The first-order valence-electron chi connectivity index (χ1n) is 1.82. The molecular weight excluding hydrogens is 187 g/mol. The zero-order valence-electron chi connectivity index (χ0n) is 3.32. The molecule has 0 radical (unpaired) electrons. The first kappa shape index (κ1) is 4.28. The van der Waals surface area contributed by atoms with E-state index >= 15 is 0 Å². The zero-order valence-corrected chi connectivity index (χ0v) is 5.47. The van der Waals surface area contributed by atoms with Gasteiger partial charge in [0.15, 0.2) is 0 Å². The van der Waals surface area contributed by atoms with E-state index in [1.165, 1.54) is 4.43 Å². The molecule has 1 aliphatic heterocycles. The molecule has 1 rings (SSSR count). The van der Waals surface area contributed by atoms with Gasteiger partial charge in [0.05, 0.1) is 0 Å². The van der Waals surface area contributed by atoms with Gasteiger partial charge in [-0.1, -0.05) is 36.5 Å². The van der Waals surface area contributed by atoms with Crippen LogP contribution in [0, 0.1) is 0 Å². The molecule has 32 valence electrons. The highest BCUT2D eigenvalue weighted by atomic mass is 127. The van der Waals surface area contributed by atoms with Gasteiger partial charge in [0.25, 0.3) is 0 Å². The van der Waals surface area contributed by atoms with Gasteiger partial charge in [-0.15, -0.1) is 0 Å². The molecule has 0 aliphatic carbocycles. The third-order valence-corrected chi connectivity index (χ3v) is 2.29. The SMILES string of the molecule is C1=CC=CCI=1. The van der Waals surface area contributed by atoms with Crippen LogP contribution in [0.1, 0.15) is 0 Å². The van der Waals surface area contributed by atoms with Crippen molar-refractivity contribution in [3.05, 3.63) is 18.2 Å². The van der Waals surface area contributed by atoms with Gasteiger partial charge in [-0.05, 0) is 6.08 Å². The second-order valence-electron chi connectivity index (χ2n) is 0.992. The normalized spacial score (nSPS) is 17.3. The smallest absolute Gasteiger partial charge is 0.0201 e. The van der Waals surface area contributed by atoms with Crippen molar-refractivity contribution >= 4 is 24.4 Å². The number of allylic oxidation sites excluding steroid dienone is 3. The van der Waals surface area contributed by atoms with E-state index in [9.17, 15) is 0 Å². The van der Waals surface area contributed by atoms with Gasteiger partial charge in [-0.3, -0.25) is 0 Å². The predicted octanol–water partition coefficient (Wildman–Crippen LogP) is 1.48. The molecule has 0 fully saturated rings. The lowest BCUT2D eigenvalue weighted by molar-refractivity contribution is 1.83. The van der Waals surface area contributed by atoms with Crippen molar-refractivity contribution in [2.24, 2.45) is 0 Å². The van der Waals surface area contributed by atoms with Crippen molar-refractivity contribution in [2.75, 3.05) is 4.43 Å². The van der Waals surface area contributed by atoms with Crippen molar-refractivity contribution in [1.82, 2.24) is 0 Å². The summed E-state index contributed by atoms with van der Waals surface area (Å²) < 4.78 is 4.47. The number of halogens is 1. The summed E-state index contributed by atoms with van der Waals surface area (Å²) in [6.45, 7) is 0. The topological polar surface area (TPSA) is 0 Å². The van der Waals surface area contributed by atoms with Crippen LogP contribution >= 0.6 is 20.7 Å². The molecule has 0 amide bonds. The van der Waals surface area contributed by atoms with E-state index in [0.717, 1.165) is 0 Å². The van der Waals surface area contributed by atoms with Gasteiger partial charge >= 0.3 is 0 Å². The van der Waals surface area contributed by atoms with E-state index < -0.39 is 0 Å². The van der Waals surface area contributed by atoms with Gasteiger partial charge < -0.3 is 0 Å². The summed E-state index contributed by atoms with van der Waals surface area (Å²) in [4.78, 5) is 0. The molecule has 1 heteroatoms. The molecule has 0 aromatic rings. The summed E-state index contributed by atoms with van der Waals surface area (Å²) in [6, 6.07) is 0. The molecule has 0 aromatic carbocycles. The average Bonchev–Trinajstić information content (AvgIpc) is 1.72. The molecule has 0 bridgehead atoms. The van der Waals surface area contributed by atoms with Crippen LogP contribution < -0.4 is 0 Å². The Hall–Kier alpha value is 0.120. The van der Waals surface area contributed by atoms with Crippen molar-refractivity contribution < 1.29 is 0 Å². The Morgan fingerprint density at radius 1 is 1.67 bits per heavy atom. The van der Waals surface area contributed by atoms with Crippen LogP contribution in [0.15, 0.2) is 18.2 Å². The van der Waals surface area contributed by atoms with Crippen LogP contribution in [0.3, 0.4) is 0 Å². The fourth-order valence-corrected chi connectivity index (χ4v) is 1.55. The average molecular weight is 192 g/mol. The standard InChI is InChI=1S/C5H5I/c1-2-4-6-5-3-1/h1-3H,4H2. The Morgan fingerprint density at radius 2 is 2.67 bits per heavy atom. The van der Waals surface area contributed by atoms with Gasteiger partial charge in [0.1, 0.15) is 0 Å². The molecule has 0 unspecified atom stereocenters. The molecular formula is C5H5I. The van der Waals surface area contributed by atoms with Crippen molar-refractivity contribution in [2.45, 2.75) is 0 Å². The van der Waals surface area contributed by atoms with E-state index in [1.807, 2.05) is 6.08 Å². The van der Waals surface area contributed by atoms with Crippen molar-refractivity contribution in [3.63, 3.8) is 0 Å². The second kappa shape index (κ2) is 2.32. The Balaban J connectivity index is 2.78. The van der Waals surface area contributed by atoms with Gasteiger partial charge in [-0.25, -0.2) is 0 Å². The first-order valence-corrected chi connectivity index (χ1v) is 4.42. The van der Waals surface area contributed by atoms with E-state index in [2.05, 4.69) is 15.8 Å². The fourth-order valence-electron chi connectivity index (χ4n) is 0.289. The molecule has 0 atom stereocenters. The second-order valence-corrected chi connectivity index (χ2v) is 3.26. The lowest BCUT2D eigenvalue weighted by atomic mass is 10.5. The maximum absolute atomic E-state index is 3.18. The highest BCUT2D eigenvalue weighted by Gasteiger charge is 1.69. The summed E-state index contributed by atoms with van der Waals surface area (Å²) in [5, 5.41) is 0. The quantitative estimate of drug-likeness (QED) is 0.402. The predicted molar refractivity (Wildman–Crippen MR) is 37.6 cm³/mol. The van der Waals surface area contributed by atoms with E-state index in [4.69, 9.17) is 0 Å². The first-order chi connectivity index (χ1) is 3.00. The maximum atomic E-state index is 3.18. The summed E-state index contributed by atoms with van der Waals surface area (Å²) in [5.41, 5.74) is 0. The number of hydrogen-bond donors (Lipinski definition) is 0. The van der Waals surface area contributed by atoms with Gasteiger partial charge in [0.2, 0.25) is 0 Å². The van der Waals surface area contributed by atoms with Gasteiger partial charge in [0, 0.05) is 4.43 Å². The Labute approximate surface area is 47.3 Å². The Morgan fingerprint density at radius 3 is 2.83 bits per heavy atom. The third kappa shape index (κ3) is 1.07. The highest BCUT2D eigenvalue weighted by Crippen LogP contribution is 1.96. The molecule has 0 saturated carbocycles. The minimum Gasteiger partial charge on any atom is -0.0866 e. The summed E-state index contributed by atoms with van der Waals surface area (Å²) in [7, 11) is 0. The lowest BCUT2D eigenvalue weighted by Crippen LogP contribution is -1.62. The number of hydrogen-bond acceptors (Lipinski definition) is 0. The lowest BCUT2D eigenvalue weighted by Gasteiger charge is -1.77. The summed E-state index contributed by atoms with van der Waals surface area (Å²) in [5.74, 6) is 0. The maximum Gasteiger partial charge on any atom is 0.0201 e. The molecule has 0 spiro atoms. The van der Waals surface area contributed by atoms with E-state index in [1.54, 1.807) is 0 Å². The van der Waals surface area contributed by atoms with Crippen LogP contribution in [0.2, 0.25) is 0 Å². The fraction of sp³-hybridized carbons (Fsp3) is 0.200. The molecule has 0 nitrogen and oxygen atoms in total. The Bertz CT molecular complexity index is 116. The minimum absolute atomic E-state index is 0.322. The molecule has 0 N–H and O–H groups in total. The summed E-state index contributed by atoms with van der Waals surface area (Å²) in [6.07, 6.45) is 6.27. The summed E-state index contributed by atoms with van der Waals surface area (Å²) >= 11 is 0.322. The molecule has 0 saturated heterocycles. The van der Waals surface area contributed by atoms with E-state index in [0.29, 0.717) is 20.7 Å². The third-order valence-electron chi connectivity index (χ3n) is 0.539. The molecule has 1 heterocycles. The highest BCUT2D eigenvalue weighted by molar-refractivity contribution is 14.2. The van der Waals surface area contributed by atoms with Crippen molar-refractivity contribution in [3.8, 4) is 0 Å². The van der Waals surface area contributed by atoms with Crippen LogP contribution in [0.5, 0.6) is 0 Å². The van der Waals surface area contributed by atoms with Crippen LogP contribution in [0.4, 0.5) is 0 Å². The number of alkyl halides is 1. The largest absolute Gasteiger partial charge is 0.0866 e. The Kier molecular flexibility index (Phi) is 1.66. The number of rotatable bonds is 0. The van der Waals surface area contributed by atoms with Crippen LogP contribution in [-0.4, -0.2) is 8.09 Å². The molecule has 1 aliphatic rings. The van der Waals surface area contributed by atoms with Crippen molar-refractivity contribution in [1.29, 1.82) is 0 Å². The van der Waals surface area contributed by atoms with Crippen LogP contribution in [-0.2, 0) is 0 Å². The van der Waals surface area contributed by atoms with Crippen LogP contribution in [0.25, 0.3) is 0 Å². The molecule has 6 heavy (non-hydrogen) atoms. The monoisotopic (exact) mass is 192 g/mol. The van der Waals surface area contributed by atoms with Gasteiger partial charge in [-0.2, -0.15) is 0 Å². The molecule has 0 aromatic heterocycles. The minimum atomic E-state index is 0.322.